The Labute approximate surface area is 249 Å². The largest absolute Gasteiger partial charge is 0.308 e. The maximum atomic E-state index is 5.07. The van der Waals surface area contributed by atoms with Gasteiger partial charge in [0.2, 0.25) is 0 Å². The van der Waals surface area contributed by atoms with Crippen LogP contribution in [0.2, 0.25) is 0 Å². The molecule has 8 aromatic rings. The first kappa shape index (κ1) is 24.2. The lowest BCUT2D eigenvalue weighted by Gasteiger charge is -2.21. The molecule has 0 atom stereocenters. The minimum Gasteiger partial charge on any atom is -0.308 e. The van der Waals surface area contributed by atoms with Crippen LogP contribution < -0.4 is 0 Å². The van der Waals surface area contributed by atoms with E-state index in [-0.39, 0.29) is 5.41 Å². The smallest absolute Gasteiger partial charge is 0.145 e. The van der Waals surface area contributed by atoms with Crippen LogP contribution >= 0.6 is 0 Å². The summed E-state index contributed by atoms with van der Waals surface area (Å²) in [6.45, 7) is 4.66. The summed E-state index contributed by atoms with van der Waals surface area (Å²) in [5, 5.41) is 1.19. The molecule has 3 aromatic heterocycles. The lowest BCUT2D eigenvalue weighted by atomic mass is 9.82. The first-order chi connectivity index (χ1) is 21.1. The third-order valence-electron chi connectivity index (χ3n) is 9.18. The Morgan fingerprint density at radius 3 is 2.14 bits per heavy atom. The van der Waals surface area contributed by atoms with Crippen molar-refractivity contribution in [1.82, 2.24) is 19.1 Å². The first-order valence-corrected chi connectivity index (χ1v) is 14.8. The Bertz CT molecular complexity index is 2360. The topological polar surface area (TPSA) is 35.6 Å². The van der Waals surface area contributed by atoms with Crippen molar-refractivity contribution in [2.24, 2.45) is 0 Å². The van der Waals surface area contributed by atoms with E-state index in [9.17, 15) is 0 Å². The maximum absolute atomic E-state index is 5.07. The van der Waals surface area contributed by atoms with Gasteiger partial charge >= 0.3 is 0 Å². The third kappa shape index (κ3) is 3.38. The highest BCUT2D eigenvalue weighted by atomic mass is 15.1. The quantitative estimate of drug-likeness (QED) is 0.219. The van der Waals surface area contributed by atoms with Gasteiger partial charge in [-0.15, -0.1) is 0 Å². The van der Waals surface area contributed by atoms with Crippen molar-refractivity contribution in [3.05, 3.63) is 145 Å². The molecule has 9 rings (SSSR count). The highest BCUT2D eigenvalue weighted by molar-refractivity contribution is 6.09. The molecular formula is C39H28N4. The van der Waals surface area contributed by atoms with Crippen LogP contribution in [0.3, 0.4) is 0 Å². The summed E-state index contributed by atoms with van der Waals surface area (Å²) in [4.78, 5) is 9.95. The molecular weight excluding hydrogens is 524 g/mol. The van der Waals surface area contributed by atoms with Crippen LogP contribution in [-0.2, 0) is 5.41 Å². The van der Waals surface area contributed by atoms with Gasteiger partial charge in [0.1, 0.15) is 5.82 Å². The lowest BCUT2D eigenvalue weighted by Crippen LogP contribution is -2.14. The minimum absolute atomic E-state index is 0.0603. The molecule has 0 aliphatic heterocycles. The molecule has 0 saturated carbocycles. The molecule has 43 heavy (non-hydrogen) atoms. The van der Waals surface area contributed by atoms with Gasteiger partial charge in [0.25, 0.3) is 0 Å². The summed E-state index contributed by atoms with van der Waals surface area (Å²) < 4.78 is 4.60. The second-order valence-corrected chi connectivity index (χ2v) is 11.9. The molecule has 5 aromatic carbocycles. The number of fused-ring (bicyclic) bond motifs is 7. The van der Waals surface area contributed by atoms with E-state index >= 15 is 0 Å². The van der Waals surface area contributed by atoms with Gasteiger partial charge in [0, 0.05) is 33.9 Å². The molecule has 0 bridgehead atoms. The molecule has 0 spiro atoms. The van der Waals surface area contributed by atoms with Crippen LogP contribution in [0, 0.1) is 0 Å². The summed E-state index contributed by atoms with van der Waals surface area (Å²) in [7, 11) is 0. The van der Waals surface area contributed by atoms with Crippen molar-refractivity contribution in [3.8, 4) is 33.9 Å². The number of aromatic nitrogens is 4. The Morgan fingerprint density at radius 2 is 1.28 bits per heavy atom. The van der Waals surface area contributed by atoms with Crippen LogP contribution in [0.25, 0.3) is 66.9 Å². The van der Waals surface area contributed by atoms with Gasteiger partial charge < -0.3 is 4.57 Å². The summed E-state index contributed by atoms with van der Waals surface area (Å²) in [5.74, 6) is 0.930. The SMILES string of the molecule is CC1(C)c2ccccc2-c2cc3c(cc21)c1ncccc1n3-c1ccc(-c2nc3ccccc3n2-c2ccccc2)cc1. The van der Waals surface area contributed by atoms with Crippen LogP contribution in [-0.4, -0.2) is 19.1 Å². The Morgan fingerprint density at radius 1 is 0.558 bits per heavy atom. The van der Waals surface area contributed by atoms with Gasteiger partial charge in [-0.05, 0) is 95.1 Å². The minimum atomic E-state index is -0.0603. The van der Waals surface area contributed by atoms with Crippen molar-refractivity contribution in [2.75, 3.05) is 0 Å². The molecule has 4 nitrogen and oxygen atoms in total. The number of rotatable bonds is 3. The van der Waals surface area contributed by atoms with Crippen molar-refractivity contribution in [2.45, 2.75) is 19.3 Å². The normalized spacial score (nSPS) is 13.5. The Balaban J connectivity index is 1.25. The second-order valence-electron chi connectivity index (χ2n) is 11.9. The van der Waals surface area contributed by atoms with E-state index in [1.54, 1.807) is 0 Å². The van der Waals surface area contributed by atoms with Crippen molar-refractivity contribution >= 4 is 33.0 Å². The molecule has 204 valence electrons. The Kier molecular flexibility index (Phi) is 4.92. The molecule has 1 aliphatic carbocycles. The van der Waals surface area contributed by atoms with Gasteiger partial charge in [0.15, 0.2) is 0 Å². The monoisotopic (exact) mass is 552 g/mol. The van der Waals surface area contributed by atoms with E-state index in [4.69, 9.17) is 9.97 Å². The van der Waals surface area contributed by atoms with Crippen molar-refractivity contribution in [1.29, 1.82) is 0 Å². The molecule has 0 radical (unpaired) electrons. The zero-order valence-electron chi connectivity index (χ0n) is 24.0. The fraction of sp³-hybridized carbons (Fsp3) is 0.0769. The average Bonchev–Trinajstić information content (AvgIpc) is 3.67. The van der Waals surface area contributed by atoms with Crippen molar-refractivity contribution < 1.29 is 0 Å². The van der Waals surface area contributed by atoms with E-state index in [1.165, 1.54) is 33.2 Å². The van der Waals surface area contributed by atoms with Crippen LogP contribution in [0.5, 0.6) is 0 Å². The molecule has 0 saturated heterocycles. The number of para-hydroxylation sites is 3. The van der Waals surface area contributed by atoms with Crippen LogP contribution in [0.4, 0.5) is 0 Å². The predicted octanol–water partition coefficient (Wildman–Crippen LogP) is 9.49. The molecule has 0 unspecified atom stereocenters. The summed E-state index contributed by atoms with van der Waals surface area (Å²) >= 11 is 0. The number of hydrogen-bond acceptors (Lipinski definition) is 2. The zero-order chi connectivity index (χ0) is 28.7. The van der Waals surface area contributed by atoms with E-state index < -0.39 is 0 Å². The number of pyridine rings is 1. The zero-order valence-corrected chi connectivity index (χ0v) is 24.0. The number of nitrogens with zero attached hydrogens (tertiary/aromatic N) is 4. The predicted molar refractivity (Wildman–Crippen MR) is 176 cm³/mol. The molecule has 0 N–H and O–H groups in total. The number of benzene rings is 5. The van der Waals surface area contributed by atoms with E-state index in [2.05, 4.69) is 132 Å². The van der Waals surface area contributed by atoms with Gasteiger partial charge in [0.05, 0.1) is 27.6 Å². The van der Waals surface area contributed by atoms with Crippen LogP contribution in [0.1, 0.15) is 25.0 Å². The fourth-order valence-corrected chi connectivity index (χ4v) is 7.12. The summed E-state index contributed by atoms with van der Waals surface area (Å²) in [6, 6.07) is 45.4. The molecule has 0 amide bonds. The standard InChI is InChI=1S/C39H28N4/c1-39(2)31-14-7-6-13-28(31)29-24-36-30(23-32(29)39)37-35(17-10-22-40-37)42(36)27-20-18-25(19-21-27)38-41-33-15-8-9-16-34(33)43(38)26-11-4-3-5-12-26/h3-24H,1-2H3. The second kappa shape index (κ2) is 8.76. The van der Waals surface area contributed by atoms with E-state index in [0.29, 0.717) is 0 Å². The highest BCUT2D eigenvalue weighted by Crippen LogP contribution is 2.50. The maximum Gasteiger partial charge on any atom is 0.145 e. The summed E-state index contributed by atoms with van der Waals surface area (Å²) in [5.41, 5.74) is 14.0. The average molecular weight is 553 g/mol. The number of hydrogen-bond donors (Lipinski definition) is 0. The highest BCUT2D eigenvalue weighted by Gasteiger charge is 2.36. The van der Waals surface area contributed by atoms with Gasteiger partial charge in [-0.2, -0.15) is 0 Å². The fourth-order valence-electron chi connectivity index (χ4n) is 7.12. The lowest BCUT2D eigenvalue weighted by molar-refractivity contribution is 0.661. The van der Waals surface area contributed by atoms with Crippen molar-refractivity contribution in [3.63, 3.8) is 0 Å². The van der Waals surface area contributed by atoms with Gasteiger partial charge in [-0.3, -0.25) is 9.55 Å². The van der Waals surface area contributed by atoms with Gasteiger partial charge in [-0.25, -0.2) is 4.98 Å². The van der Waals surface area contributed by atoms with E-state index in [0.717, 1.165) is 44.8 Å². The number of imidazole rings is 1. The van der Waals surface area contributed by atoms with Gasteiger partial charge in [-0.1, -0.05) is 68.4 Å². The molecule has 0 fully saturated rings. The van der Waals surface area contributed by atoms with Crippen LogP contribution in [0.15, 0.2) is 134 Å². The first-order valence-electron chi connectivity index (χ1n) is 14.8. The Hall–Kier alpha value is -5.48. The molecule has 3 heterocycles. The van der Waals surface area contributed by atoms with E-state index in [1.807, 2.05) is 24.4 Å². The molecule has 4 heteroatoms. The third-order valence-corrected chi connectivity index (χ3v) is 9.18. The molecule has 1 aliphatic rings. The summed E-state index contributed by atoms with van der Waals surface area (Å²) in [6.07, 6.45) is 1.90.